The maximum Gasteiger partial charge on any atom is 0.0478 e. The smallest absolute Gasteiger partial charge is 0.0478 e. The Labute approximate surface area is 94.6 Å². The average Bonchev–Trinajstić information content (AvgIpc) is 3.09. The molecule has 1 aliphatic heterocycles. The lowest BCUT2D eigenvalue weighted by Gasteiger charge is -2.20. The van der Waals surface area contributed by atoms with E-state index in [-0.39, 0.29) is 0 Å². The van der Waals surface area contributed by atoms with E-state index in [1.54, 1.807) is 0 Å². The molecule has 1 heterocycles. The summed E-state index contributed by atoms with van der Waals surface area (Å²) in [5.74, 6) is 1.17. The van der Waals surface area contributed by atoms with Gasteiger partial charge in [-0.2, -0.15) is 0 Å². The molecule has 0 spiro atoms. The number of hydrogen-bond donors (Lipinski definition) is 2. The molecule has 0 amide bonds. The minimum absolute atomic E-state index is 0.326. The van der Waals surface area contributed by atoms with E-state index in [2.05, 4.69) is 23.5 Å². The van der Waals surface area contributed by atoms with E-state index in [0.29, 0.717) is 5.41 Å². The van der Waals surface area contributed by atoms with Gasteiger partial charge in [0.1, 0.15) is 0 Å². The van der Waals surface area contributed by atoms with Crippen molar-refractivity contribution in [2.24, 2.45) is 5.73 Å². The van der Waals surface area contributed by atoms with Crippen molar-refractivity contribution in [1.82, 2.24) is 0 Å². The van der Waals surface area contributed by atoms with Crippen LogP contribution in [0.3, 0.4) is 0 Å². The molecule has 3 N–H and O–H groups in total. The van der Waals surface area contributed by atoms with E-state index in [1.165, 1.54) is 34.7 Å². The highest BCUT2D eigenvalue weighted by Crippen LogP contribution is 2.48. The molecule has 1 aromatic rings. The van der Waals surface area contributed by atoms with Gasteiger partial charge in [-0.05, 0) is 30.5 Å². The largest absolute Gasteiger partial charge is 0.383 e. The molecule has 0 unspecified atom stereocenters. The first kappa shape index (κ1) is 9.55. The van der Waals surface area contributed by atoms with Crippen molar-refractivity contribution in [3.05, 3.63) is 23.8 Å². The minimum Gasteiger partial charge on any atom is -0.383 e. The van der Waals surface area contributed by atoms with Crippen molar-refractivity contribution in [2.75, 3.05) is 24.2 Å². The molecule has 0 bridgehead atoms. The number of fused-ring (bicyclic) bond motifs is 1. The minimum atomic E-state index is 0.326. The van der Waals surface area contributed by atoms with E-state index in [1.807, 2.05) is 11.8 Å². The molecule has 80 valence electrons. The molecule has 0 atom stereocenters. The van der Waals surface area contributed by atoms with Crippen LogP contribution in [0.1, 0.15) is 18.4 Å². The lowest BCUT2D eigenvalue weighted by molar-refractivity contribution is 0.702. The fourth-order valence-electron chi connectivity index (χ4n) is 2.23. The first-order valence-electron chi connectivity index (χ1n) is 5.55. The second kappa shape index (κ2) is 3.42. The van der Waals surface area contributed by atoms with Gasteiger partial charge in [0.15, 0.2) is 0 Å². The molecule has 0 saturated heterocycles. The van der Waals surface area contributed by atoms with Gasteiger partial charge in [-0.3, -0.25) is 0 Å². The molecule has 2 nitrogen and oxygen atoms in total. The van der Waals surface area contributed by atoms with Crippen LogP contribution in [0.5, 0.6) is 0 Å². The van der Waals surface area contributed by atoms with Crippen molar-refractivity contribution in [1.29, 1.82) is 0 Å². The maximum absolute atomic E-state index is 5.85. The number of thioether (sulfide) groups is 1. The van der Waals surface area contributed by atoms with Crippen LogP contribution in [0.2, 0.25) is 0 Å². The Morgan fingerprint density at radius 1 is 1.40 bits per heavy atom. The molecule has 3 rings (SSSR count). The second-order valence-electron chi connectivity index (χ2n) is 4.47. The lowest BCUT2D eigenvalue weighted by atomic mass is 9.96. The Bertz CT molecular complexity index is 385. The monoisotopic (exact) mass is 220 g/mol. The normalized spacial score (nSPS) is 21.7. The topological polar surface area (TPSA) is 38.0 Å². The quantitative estimate of drug-likeness (QED) is 0.802. The number of hydrogen-bond acceptors (Lipinski definition) is 3. The summed E-state index contributed by atoms with van der Waals surface area (Å²) in [6.45, 7) is 1.88. The van der Waals surface area contributed by atoms with Gasteiger partial charge in [-0.1, -0.05) is 6.07 Å². The zero-order valence-electron chi connectivity index (χ0n) is 8.75. The van der Waals surface area contributed by atoms with Gasteiger partial charge in [0.2, 0.25) is 0 Å². The van der Waals surface area contributed by atoms with E-state index in [4.69, 9.17) is 5.73 Å². The molecule has 3 heteroatoms. The van der Waals surface area contributed by atoms with Crippen LogP contribution in [0.15, 0.2) is 23.1 Å². The summed E-state index contributed by atoms with van der Waals surface area (Å²) >= 11 is 1.95. The molecule has 2 aliphatic rings. The highest BCUT2D eigenvalue weighted by Gasteiger charge is 2.43. The number of nitrogens with two attached hydrogens (primary N) is 1. The number of rotatable bonds is 2. The summed E-state index contributed by atoms with van der Waals surface area (Å²) in [6.07, 6.45) is 2.53. The molecule has 1 saturated carbocycles. The third-order valence-corrected chi connectivity index (χ3v) is 4.57. The Hall–Kier alpha value is -0.670. The molecular weight excluding hydrogens is 204 g/mol. The van der Waals surface area contributed by atoms with Crippen LogP contribution in [-0.4, -0.2) is 18.8 Å². The van der Waals surface area contributed by atoms with E-state index >= 15 is 0 Å². The Morgan fingerprint density at radius 2 is 2.27 bits per heavy atom. The molecule has 1 aromatic carbocycles. The van der Waals surface area contributed by atoms with Crippen molar-refractivity contribution in [2.45, 2.75) is 23.2 Å². The van der Waals surface area contributed by atoms with Crippen LogP contribution >= 0.6 is 11.8 Å². The molecular formula is C12H16N2S. The molecule has 1 fully saturated rings. The molecule has 1 aliphatic carbocycles. The highest BCUT2D eigenvalue weighted by molar-refractivity contribution is 7.99. The Balaban J connectivity index is 1.97. The summed E-state index contributed by atoms with van der Waals surface area (Å²) in [4.78, 5) is 1.40. The van der Waals surface area contributed by atoms with Crippen LogP contribution in [0.25, 0.3) is 0 Å². The van der Waals surface area contributed by atoms with Gasteiger partial charge in [-0.25, -0.2) is 0 Å². The molecule has 0 aromatic heterocycles. The maximum atomic E-state index is 5.85. The zero-order valence-corrected chi connectivity index (χ0v) is 9.57. The zero-order chi connectivity index (χ0) is 10.3. The van der Waals surface area contributed by atoms with Crippen LogP contribution in [0.4, 0.5) is 5.69 Å². The van der Waals surface area contributed by atoms with Gasteiger partial charge in [0.25, 0.3) is 0 Å². The average molecular weight is 220 g/mol. The van der Waals surface area contributed by atoms with Crippen LogP contribution in [0, 0.1) is 0 Å². The highest BCUT2D eigenvalue weighted by atomic mass is 32.2. The van der Waals surface area contributed by atoms with Crippen LogP contribution in [-0.2, 0) is 5.41 Å². The molecule has 0 radical (unpaired) electrons. The number of anilines is 1. The number of benzene rings is 1. The SMILES string of the molecule is NCC1(c2ccc3c(c2)SCCN3)CC1. The predicted octanol–water partition coefficient (Wildman–Crippen LogP) is 2.19. The van der Waals surface area contributed by atoms with Crippen molar-refractivity contribution >= 4 is 17.4 Å². The van der Waals surface area contributed by atoms with E-state index < -0.39 is 0 Å². The first-order valence-corrected chi connectivity index (χ1v) is 6.54. The molecule has 15 heavy (non-hydrogen) atoms. The predicted molar refractivity (Wildman–Crippen MR) is 65.6 cm³/mol. The standard InChI is InChI=1S/C12H16N2S/c13-8-12(3-4-12)9-1-2-10-11(7-9)15-6-5-14-10/h1-2,7,14H,3-6,8,13H2. The number of nitrogens with one attached hydrogen (secondary N) is 1. The summed E-state index contributed by atoms with van der Waals surface area (Å²) in [6, 6.07) is 6.80. The lowest BCUT2D eigenvalue weighted by Crippen LogP contribution is -2.20. The Morgan fingerprint density at radius 3 is 3.00 bits per heavy atom. The van der Waals surface area contributed by atoms with Gasteiger partial charge >= 0.3 is 0 Å². The van der Waals surface area contributed by atoms with Gasteiger partial charge in [0.05, 0.1) is 0 Å². The third kappa shape index (κ3) is 1.54. The summed E-state index contributed by atoms with van der Waals surface area (Å²) in [7, 11) is 0. The summed E-state index contributed by atoms with van der Waals surface area (Å²) < 4.78 is 0. The third-order valence-electron chi connectivity index (χ3n) is 3.51. The Kier molecular flexibility index (Phi) is 2.18. The second-order valence-corrected chi connectivity index (χ2v) is 5.61. The fourth-order valence-corrected chi connectivity index (χ4v) is 3.16. The van der Waals surface area contributed by atoms with Crippen molar-refractivity contribution < 1.29 is 0 Å². The van der Waals surface area contributed by atoms with Gasteiger partial charge in [0, 0.05) is 34.8 Å². The van der Waals surface area contributed by atoms with Gasteiger partial charge < -0.3 is 11.1 Å². The first-order chi connectivity index (χ1) is 7.34. The van der Waals surface area contributed by atoms with Gasteiger partial charge in [-0.15, -0.1) is 11.8 Å². The van der Waals surface area contributed by atoms with Crippen molar-refractivity contribution in [3.8, 4) is 0 Å². The van der Waals surface area contributed by atoms with Crippen LogP contribution < -0.4 is 11.1 Å². The van der Waals surface area contributed by atoms with Crippen molar-refractivity contribution in [3.63, 3.8) is 0 Å². The summed E-state index contributed by atoms with van der Waals surface area (Å²) in [5.41, 5.74) is 8.92. The fraction of sp³-hybridized carbons (Fsp3) is 0.500. The van der Waals surface area contributed by atoms with E-state index in [0.717, 1.165) is 13.1 Å². The van der Waals surface area contributed by atoms with E-state index in [9.17, 15) is 0 Å². The summed E-state index contributed by atoms with van der Waals surface area (Å²) in [5, 5.41) is 3.43.